The second-order valence-corrected chi connectivity index (χ2v) is 18.8. The summed E-state index contributed by atoms with van der Waals surface area (Å²) in [5, 5.41) is 0. The van der Waals surface area contributed by atoms with Gasteiger partial charge >= 0.3 is 17.9 Å². The Balaban J connectivity index is 4.19. The zero-order valence-electron chi connectivity index (χ0n) is 45.0. The molecule has 0 aromatic rings. The van der Waals surface area contributed by atoms with Crippen LogP contribution in [0.15, 0.2) is 97.2 Å². The van der Waals surface area contributed by atoms with E-state index >= 15 is 0 Å². The molecule has 1 unspecified atom stereocenters. The van der Waals surface area contributed by atoms with Crippen molar-refractivity contribution in [2.45, 2.75) is 271 Å². The van der Waals surface area contributed by atoms with Crippen LogP contribution < -0.4 is 0 Å². The topological polar surface area (TPSA) is 78.9 Å². The van der Waals surface area contributed by atoms with E-state index in [0.29, 0.717) is 19.3 Å². The summed E-state index contributed by atoms with van der Waals surface area (Å²) in [6.07, 6.45) is 75.5. The van der Waals surface area contributed by atoms with Crippen LogP contribution in [0, 0.1) is 0 Å². The van der Waals surface area contributed by atoms with Crippen LogP contribution in [0.5, 0.6) is 0 Å². The highest BCUT2D eigenvalue weighted by Crippen LogP contribution is 2.15. The number of ether oxygens (including phenoxy) is 3. The van der Waals surface area contributed by atoms with Gasteiger partial charge in [0.25, 0.3) is 0 Å². The fourth-order valence-electron chi connectivity index (χ4n) is 7.81. The number of unbranched alkanes of at least 4 members (excludes halogenated alkanes) is 24. The van der Waals surface area contributed by atoms with Crippen LogP contribution in [0.25, 0.3) is 0 Å². The van der Waals surface area contributed by atoms with Crippen LogP contribution in [0.3, 0.4) is 0 Å². The number of hydrogen-bond acceptors (Lipinski definition) is 6. The molecule has 6 heteroatoms. The van der Waals surface area contributed by atoms with Gasteiger partial charge in [-0.15, -0.1) is 0 Å². The molecular weight excluding hydrogens is 853 g/mol. The smallest absolute Gasteiger partial charge is 0.306 e. The van der Waals surface area contributed by atoms with Crippen LogP contribution in [0.1, 0.15) is 265 Å². The third-order valence-corrected chi connectivity index (χ3v) is 12.1. The first-order valence-corrected chi connectivity index (χ1v) is 28.7. The van der Waals surface area contributed by atoms with E-state index in [1.165, 1.54) is 103 Å². The first-order chi connectivity index (χ1) is 34.0. The normalized spacial score (nSPS) is 12.8. The Bertz CT molecular complexity index is 1380. The lowest BCUT2D eigenvalue weighted by molar-refractivity contribution is -0.167. The van der Waals surface area contributed by atoms with Crippen molar-refractivity contribution in [2.75, 3.05) is 13.2 Å². The monoisotopic (exact) mass is 959 g/mol. The van der Waals surface area contributed by atoms with Gasteiger partial charge in [-0.3, -0.25) is 14.4 Å². The molecule has 394 valence electrons. The van der Waals surface area contributed by atoms with Crippen LogP contribution in [-0.2, 0) is 28.6 Å². The molecule has 0 aliphatic heterocycles. The Morgan fingerprint density at radius 2 is 0.565 bits per heavy atom. The predicted octanol–water partition coefficient (Wildman–Crippen LogP) is 19.3. The van der Waals surface area contributed by atoms with Gasteiger partial charge in [0.15, 0.2) is 6.10 Å². The number of carbonyl (C=O) groups is 3. The van der Waals surface area contributed by atoms with Crippen LogP contribution >= 0.6 is 0 Å². The minimum atomic E-state index is -0.778. The van der Waals surface area contributed by atoms with Gasteiger partial charge in [0.1, 0.15) is 13.2 Å². The second kappa shape index (κ2) is 56.9. The molecule has 0 rings (SSSR count). The Kier molecular flexibility index (Phi) is 53.9. The van der Waals surface area contributed by atoms with Crippen molar-refractivity contribution in [3.63, 3.8) is 0 Å². The van der Waals surface area contributed by atoms with E-state index in [4.69, 9.17) is 14.2 Å². The van der Waals surface area contributed by atoms with Gasteiger partial charge in [-0.05, 0) is 83.5 Å². The number of carbonyl (C=O) groups excluding carboxylic acids is 3. The molecule has 0 fully saturated rings. The van der Waals surface area contributed by atoms with E-state index in [1.807, 2.05) is 0 Å². The van der Waals surface area contributed by atoms with Gasteiger partial charge in [0.05, 0.1) is 0 Å². The van der Waals surface area contributed by atoms with Crippen LogP contribution in [0.2, 0.25) is 0 Å². The third kappa shape index (κ3) is 55.1. The van der Waals surface area contributed by atoms with Crippen LogP contribution in [0.4, 0.5) is 0 Å². The molecule has 6 nitrogen and oxygen atoms in total. The molecule has 0 saturated heterocycles. The summed E-state index contributed by atoms with van der Waals surface area (Å²) in [6.45, 7) is 6.49. The van der Waals surface area contributed by atoms with Gasteiger partial charge in [-0.25, -0.2) is 0 Å². The first kappa shape index (κ1) is 65.3. The minimum Gasteiger partial charge on any atom is -0.462 e. The average Bonchev–Trinajstić information content (AvgIpc) is 3.35. The highest BCUT2D eigenvalue weighted by molar-refractivity contribution is 5.71. The van der Waals surface area contributed by atoms with Gasteiger partial charge in [0.2, 0.25) is 0 Å². The predicted molar refractivity (Wildman–Crippen MR) is 297 cm³/mol. The van der Waals surface area contributed by atoms with Crippen LogP contribution in [-0.4, -0.2) is 37.2 Å². The molecular formula is C63H106O6. The summed E-state index contributed by atoms with van der Waals surface area (Å²) in [7, 11) is 0. The summed E-state index contributed by atoms with van der Waals surface area (Å²) in [5.74, 6) is -0.895. The van der Waals surface area contributed by atoms with Crippen molar-refractivity contribution >= 4 is 17.9 Å². The molecule has 0 aliphatic carbocycles. The van der Waals surface area contributed by atoms with Gasteiger partial charge in [-0.2, -0.15) is 0 Å². The van der Waals surface area contributed by atoms with Gasteiger partial charge < -0.3 is 14.2 Å². The highest BCUT2D eigenvalue weighted by Gasteiger charge is 2.19. The molecule has 1 atom stereocenters. The fraction of sp³-hybridized carbons (Fsp3) is 0.698. The van der Waals surface area contributed by atoms with Crippen molar-refractivity contribution in [2.24, 2.45) is 0 Å². The zero-order chi connectivity index (χ0) is 50.0. The molecule has 0 spiro atoms. The van der Waals surface area contributed by atoms with Crippen molar-refractivity contribution in [1.82, 2.24) is 0 Å². The van der Waals surface area contributed by atoms with E-state index in [2.05, 4.69) is 118 Å². The van der Waals surface area contributed by atoms with E-state index in [1.54, 1.807) is 0 Å². The molecule has 0 N–H and O–H groups in total. The molecule has 0 aromatic heterocycles. The van der Waals surface area contributed by atoms with Gasteiger partial charge in [0, 0.05) is 19.3 Å². The van der Waals surface area contributed by atoms with Crippen molar-refractivity contribution in [1.29, 1.82) is 0 Å². The standard InChI is InChI=1S/C63H106O6/c1-4-7-10-13-16-19-22-23-24-25-26-27-28-29-30-31-32-33-34-35-36-37-38-39-40-41-42-45-47-50-53-56-62(65)68-59-60(69-63(66)57-54-51-48-44-21-18-15-12-9-6-3)58-67-61(64)55-52-49-46-43-20-17-14-11-8-5-2/h7,10,16,19,23-24,26-27,29-30,32-33,35-36,38-39,60H,4-6,8-9,11-15,17-18,20-22,25,28,31,34,37,40-59H2,1-3H3/b10-7-,19-16-,24-23-,27-26-,30-29-,33-32-,36-35-,39-38-. The number of esters is 3. The number of hydrogen-bond donors (Lipinski definition) is 0. The van der Waals surface area contributed by atoms with Crippen molar-refractivity contribution in [3.8, 4) is 0 Å². The fourth-order valence-corrected chi connectivity index (χ4v) is 7.81. The molecule has 0 radical (unpaired) electrons. The van der Waals surface area contributed by atoms with E-state index in [0.717, 1.165) is 122 Å². The Morgan fingerprint density at radius 3 is 0.884 bits per heavy atom. The Hall–Kier alpha value is -3.67. The molecule has 0 bridgehead atoms. The summed E-state index contributed by atoms with van der Waals surface area (Å²) < 4.78 is 16.8. The van der Waals surface area contributed by atoms with E-state index < -0.39 is 6.10 Å². The maximum Gasteiger partial charge on any atom is 0.306 e. The average molecular weight is 960 g/mol. The summed E-state index contributed by atoms with van der Waals surface area (Å²) in [4.78, 5) is 37.9. The van der Waals surface area contributed by atoms with Gasteiger partial charge in [-0.1, -0.05) is 259 Å². The van der Waals surface area contributed by atoms with E-state index in [-0.39, 0.29) is 31.1 Å². The molecule has 69 heavy (non-hydrogen) atoms. The molecule has 0 saturated carbocycles. The molecule has 0 aliphatic rings. The largest absolute Gasteiger partial charge is 0.462 e. The lowest BCUT2D eigenvalue weighted by atomic mass is 10.1. The second-order valence-electron chi connectivity index (χ2n) is 18.8. The summed E-state index contributed by atoms with van der Waals surface area (Å²) in [5.41, 5.74) is 0. The first-order valence-electron chi connectivity index (χ1n) is 28.7. The summed E-state index contributed by atoms with van der Waals surface area (Å²) >= 11 is 0. The number of allylic oxidation sites excluding steroid dienone is 16. The minimum absolute atomic E-state index is 0.0788. The lowest BCUT2D eigenvalue weighted by Crippen LogP contribution is -2.30. The zero-order valence-corrected chi connectivity index (χ0v) is 45.0. The molecule has 0 amide bonds. The number of rotatable bonds is 51. The third-order valence-electron chi connectivity index (χ3n) is 12.1. The summed E-state index contributed by atoms with van der Waals surface area (Å²) in [6, 6.07) is 0. The van der Waals surface area contributed by atoms with Crippen molar-refractivity contribution < 1.29 is 28.6 Å². The highest BCUT2D eigenvalue weighted by atomic mass is 16.6. The Labute approximate surface area is 426 Å². The lowest BCUT2D eigenvalue weighted by Gasteiger charge is -2.18. The van der Waals surface area contributed by atoms with Crippen molar-refractivity contribution in [3.05, 3.63) is 97.2 Å². The Morgan fingerprint density at radius 1 is 0.304 bits per heavy atom. The quantitative estimate of drug-likeness (QED) is 0.0262. The molecule has 0 aromatic carbocycles. The maximum atomic E-state index is 12.8. The van der Waals surface area contributed by atoms with E-state index in [9.17, 15) is 14.4 Å². The maximum absolute atomic E-state index is 12.8. The molecule has 0 heterocycles. The SMILES string of the molecule is CC/C=C\C/C=C\C/C=C\C/C=C\C/C=C\C/C=C\C/C=C\C/C=C\CCCCCCCCC(=O)OCC(COC(=O)CCCCCCCCCCCC)OC(=O)CCCCCCCCCCCC.